The van der Waals surface area contributed by atoms with E-state index in [0.717, 1.165) is 12.0 Å². The maximum atomic E-state index is 12.0. The first-order valence-electron chi connectivity index (χ1n) is 5.74. The topological polar surface area (TPSA) is 46.6 Å². The van der Waals surface area contributed by atoms with E-state index in [1.54, 1.807) is 15.6 Å². The minimum absolute atomic E-state index is 0.0836. The Labute approximate surface area is 106 Å². The maximum Gasteiger partial charge on any atom is 0.216 e. The summed E-state index contributed by atoms with van der Waals surface area (Å²) in [6.07, 6.45) is 0.834. The van der Waals surface area contributed by atoms with Gasteiger partial charge < -0.3 is 4.74 Å². The Morgan fingerprint density at radius 2 is 2.35 bits per heavy atom. The number of rotatable bonds is 5. The number of nitrogens with zero attached hydrogens (tertiary/aromatic N) is 1. The molecule has 0 atom stereocenters. The molecule has 4 nitrogen and oxygen atoms in total. The van der Waals surface area contributed by atoms with Gasteiger partial charge in [-0.15, -0.1) is 11.3 Å². The van der Waals surface area contributed by atoms with Crippen molar-refractivity contribution in [3.8, 4) is 0 Å². The number of fused-ring (bicyclic) bond motifs is 1. The molecular formula is C11H17NO3S2. The smallest absolute Gasteiger partial charge is 0.216 e. The lowest BCUT2D eigenvalue weighted by atomic mass is 10.1. The van der Waals surface area contributed by atoms with Gasteiger partial charge in [0.15, 0.2) is 0 Å². The number of hydrogen-bond donors (Lipinski definition) is 0. The van der Waals surface area contributed by atoms with Crippen molar-refractivity contribution in [1.29, 1.82) is 0 Å². The molecule has 1 aliphatic rings. The molecule has 0 saturated carbocycles. The van der Waals surface area contributed by atoms with Gasteiger partial charge in [-0.2, -0.15) is 4.31 Å². The number of hydrogen-bond acceptors (Lipinski definition) is 4. The SMILES string of the molecule is CCOCCS(=O)(=O)N1CCc2sccc2C1. The van der Waals surface area contributed by atoms with E-state index >= 15 is 0 Å². The highest BCUT2D eigenvalue weighted by Gasteiger charge is 2.26. The fourth-order valence-corrected chi connectivity index (χ4v) is 4.08. The molecule has 0 aromatic carbocycles. The lowest BCUT2D eigenvalue weighted by Crippen LogP contribution is -2.37. The van der Waals surface area contributed by atoms with E-state index in [9.17, 15) is 8.42 Å². The van der Waals surface area contributed by atoms with Crippen molar-refractivity contribution in [3.63, 3.8) is 0 Å². The third-order valence-corrected chi connectivity index (χ3v) is 5.66. The fourth-order valence-electron chi connectivity index (χ4n) is 1.90. The van der Waals surface area contributed by atoms with Crippen molar-refractivity contribution in [2.45, 2.75) is 19.9 Å². The number of sulfonamides is 1. The molecule has 0 bridgehead atoms. The normalized spacial score (nSPS) is 17.0. The molecular weight excluding hydrogens is 258 g/mol. The molecule has 1 aromatic rings. The largest absolute Gasteiger partial charge is 0.381 e. The van der Waals surface area contributed by atoms with E-state index in [-0.39, 0.29) is 12.4 Å². The third-order valence-electron chi connectivity index (χ3n) is 2.86. The van der Waals surface area contributed by atoms with Gasteiger partial charge in [0.05, 0.1) is 12.4 Å². The van der Waals surface area contributed by atoms with Crippen LogP contribution in [0.3, 0.4) is 0 Å². The highest BCUT2D eigenvalue weighted by Crippen LogP contribution is 2.25. The van der Waals surface area contributed by atoms with Crippen LogP contribution in [0.15, 0.2) is 11.4 Å². The zero-order chi connectivity index (χ0) is 12.3. The van der Waals surface area contributed by atoms with Crippen LogP contribution < -0.4 is 0 Å². The molecule has 0 spiro atoms. The van der Waals surface area contributed by atoms with Gasteiger partial charge in [0.1, 0.15) is 0 Å². The van der Waals surface area contributed by atoms with E-state index in [0.29, 0.717) is 19.7 Å². The highest BCUT2D eigenvalue weighted by molar-refractivity contribution is 7.89. The zero-order valence-corrected chi connectivity index (χ0v) is 11.5. The van der Waals surface area contributed by atoms with Crippen LogP contribution in [0.1, 0.15) is 17.4 Å². The van der Waals surface area contributed by atoms with E-state index in [2.05, 4.69) is 0 Å². The van der Waals surface area contributed by atoms with E-state index in [1.165, 1.54) is 4.88 Å². The van der Waals surface area contributed by atoms with E-state index in [1.807, 2.05) is 18.4 Å². The summed E-state index contributed by atoms with van der Waals surface area (Å²) in [6, 6.07) is 2.02. The van der Waals surface area contributed by atoms with Crippen molar-refractivity contribution in [2.75, 3.05) is 25.5 Å². The Balaban J connectivity index is 2.00. The molecule has 2 heterocycles. The van der Waals surface area contributed by atoms with Crippen LogP contribution in [0, 0.1) is 0 Å². The van der Waals surface area contributed by atoms with Gasteiger partial charge in [-0.3, -0.25) is 0 Å². The lowest BCUT2D eigenvalue weighted by molar-refractivity contribution is 0.162. The maximum absolute atomic E-state index is 12.0. The van der Waals surface area contributed by atoms with E-state index < -0.39 is 10.0 Å². The molecule has 96 valence electrons. The summed E-state index contributed by atoms with van der Waals surface area (Å²) in [4.78, 5) is 1.32. The molecule has 0 fully saturated rings. The summed E-state index contributed by atoms with van der Waals surface area (Å²) < 4.78 is 30.8. The van der Waals surface area contributed by atoms with Crippen molar-refractivity contribution < 1.29 is 13.2 Å². The van der Waals surface area contributed by atoms with Crippen molar-refractivity contribution in [3.05, 3.63) is 21.9 Å². The molecule has 0 N–H and O–H groups in total. The molecule has 0 aliphatic carbocycles. The molecule has 0 radical (unpaired) electrons. The zero-order valence-electron chi connectivity index (χ0n) is 9.89. The molecule has 0 amide bonds. The molecule has 0 saturated heterocycles. The Bertz CT molecular complexity index is 467. The summed E-state index contributed by atoms with van der Waals surface area (Å²) in [5.41, 5.74) is 1.15. The van der Waals surface area contributed by atoms with Crippen molar-refractivity contribution in [1.82, 2.24) is 4.31 Å². The Morgan fingerprint density at radius 1 is 1.53 bits per heavy atom. The molecule has 0 unspecified atom stereocenters. The Kier molecular flexibility index (Phi) is 4.19. The van der Waals surface area contributed by atoms with E-state index in [4.69, 9.17) is 4.74 Å². The minimum Gasteiger partial charge on any atom is -0.381 e. The average molecular weight is 275 g/mol. The van der Waals surface area contributed by atoms with Gasteiger partial charge in [0.25, 0.3) is 0 Å². The molecule has 17 heavy (non-hydrogen) atoms. The van der Waals surface area contributed by atoms with Crippen LogP contribution in [0.25, 0.3) is 0 Å². The van der Waals surface area contributed by atoms with Gasteiger partial charge in [-0.1, -0.05) is 0 Å². The highest BCUT2D eigenvalue weighted by atomic mass is 32.2. The average Bonchev–Trinajstić information content (AvgIpc) is 2.76. The van der Waals surface area contributed by atoms with Crippen LogP contribution in [0.4, 0.5) is 0 Å². The van der Waals surface area contributed by atoms with Crippen LogP contribution >= 0.6 is 11.3 Å². The van der Waals surface area contributed by atoms with Gasteiger partial charge >= 0.3 is 0 Å². The van der Waals surface area contributed by atoms with Crippen LogP contribution in [0.2, 0.25) is 0 Å². The summed E-state index contributed by atoms with van der Waals surface area (Å²) in [6.45, 7) is 3.83. The predicted molar refractivity (Wildman–Crippen MR) is 68.7 cm³/mol. The second-order valence-corrected chi connectivity index (χ2v) is 7.05. The first-order valence-corrected chi connectivity index (χ1v) is 8.23. The summed E-state index contributed by atoms with van der Waals surface area (Å²) in [5.74, 6) is 0.0836. The van der Waals surface area contributed by atoms with Crippen molar-refractivity contribution >= 4 is 21.4 Å². The first-order chi connectivity index (χ1) is 8.13. The second-order valence-electron chi connectivity index (χ2n) is 3.97. The van der Waals surface area contributed by atoms with Gasteiger partial charge in [0, 0.05) is 24.6 Å². The molecule has 1 aliphatic heterocycles. The standard InChI is InChI=1S/C11H17NO3S2/c1-2-15-6-8-17(13,14)12-5-3-11-10(9-12)4-7-16-11/h4,7H,2-3,5-6,8-9H2,1H3. The van der Waals surface area contributed by atoms with Crippen LogP contribution in [-0.2, 0) is 27.7 Å². The summed E-state index contributed by atoms with van der Waals surface area (Å²) in [5, 5.41) is 2.03. The Morgan fingerprint density at radius 3 is 3.12 bits per heavy atom. The van der Waals surface area contributed by atoms with Crippen LogP contribution in [-0.4, -0.2) is 38.2 Å². The van der Waals surface area contributed by atoms with Gasteiger partial charge in [-0.05, 0) is 30.4 Å². The molecule has 1 aromatic heterocycles. The quantitative estimate of drug-likeness (QED) is 0.765. The number of thiophene rings is 1. The molecule has 6 heteroatoms. The summed E-state index contributed by atoms with van der Waals surface area (Å²) in [7, 11) is -3.16. The third kappa shape index (κ3) is 3.07. The predicted octanol–water partition coefficient (Wildman–Crippen LogP) is 1.47. The number of ether oxygens (including phenoxy) is 1. The lowest BCUT2D eigenvalue weighted by Gasteiger charge is -2.26. The van der Waals surface area contributed by atoms with Gasteiger partial charge in [-0.25, -0.2) is 8.42 Å². The first kappa shape index (κ1) is 13.0. The minimum atomic E-state index is -3.16. The second kappa shape index (κ2) is 5.48. The van der Waals surface area contributed by atoms with Crippen LogP contribution in [0.5, 0.6) is 0 Å². The van der Waals surface area contributed by atoms with Crippen molar-refractivity contribution in [2.24, 2.45) is 0 Å². The van der Waals surface area contributed by atoms with Gasteiger partial charge in [0.2, 0.25) is 10.0 Å². The monoisotopic (exact) mass is 275 g/mol. The Hall–Kier alpha value is -0.430. The fraction of sp³-hybridized carbons (Fsp3) is 0.636. The molecule has 2 rings (SSSR count). The summed E-state index contributed by atoms with van der Waals surface area (Å²) >= 11 is 1.71.